The maximum atomic E-state index is 13.1. The first kappa shape index (κ1) is 16.5. The van der Waals surface area contributed by atoms with E-state index in [0.29, 0.717) is 5.16 Å². The lowest BCUT2D eigenvalue weighted by molar-refractivity contribution is 0.250. The number of nitrogens with one attached hydrogen (secondary N) is 1. The van der Waals surface area contributed by atoms with Gasteiger partial charge in [0.2, 0.25) is 5.16 Å². The highest BCUT2D eigenvalue weighted by Gasteiger charge is 2.11. The van der Waals surface area contributed by atoms with Crippen LogP contribution in [-0.2, 0) is 0 Å². The third-order valence-electron chi connectivity index (χ3n) is 2.81. The van der Waals surface area contributed by atoms with Gasteiger partial charge in [-0.25, -0.2) is 18.6 Å². The number of anilines is 1. The highest BCUT2D eigenvalue weighted by molar-refractivity contribution is 8.76. The van der Waals surface area contributed by atoms with E-state index in [-0.39, 0.29) is 5.69 Å². The minimum absolute atomic E-state index is 0.127. The summed E-state index contributed by atoms with van der Waals surface area (Å²) in [5, 5.41) is 6.85. The Morgan fingerprint density at radius 2 is 1.83 bits per heavy atom. The highest BCUT2D eigenvalue weighted by atomic mass is 33.1. The Morgan fingerprint density at radius 1 is 1.04 bits per heavy atom. The molecule has 0 bridgehead atoms. The molecule has 1 heterocycles. The molecule has 122 valence electrons. The van der Waals surface area contributed by atoms with Gasteiger partial charge < -0.3 is 5.32 Å². The standard InChI is InChI=1S/C15H10F2N4OS2/c16-12-7-6-10(8-13(12)17)19-15(22)21-9-18-14(20-21)24-23-11-4-2-1-3-5-11/h1-9H,(H,19,22). The molecule has 0 aliphatic heterocycles. The lowest BCUT2D eigenvalue weighted by Crippen LogP contribution is -2.20. The van der Waals surface area contributed by atoms with E-state index in [1.807, 2.05) is 30.3 Å². The Balaban J connectivity index is 1.62. The number of aromatic nitrogens is 3. The lowest BCUT2D eigenvalue weighted by atomic mass is 10.3. The van der Waals surface area contributed by atoms with E-state index in [0.717, 1.165) is 21.7 Å². The average molecular weight is 364 g/mol. The van der Waals surface area contributed by atoms with Crippen molar-refractivity contribution in [2.45, 2.75) is 10.1 Å². The van der Waals surface area contributed by atoms with E-state index in [4.69, 9.17) is 0 Å². The molecule has 0 saturated heterocycles. The Hall–Kier alpha value is -2.39. The molecule has 5 nitrogen and oxygen atoms in total. The molecule has 0 spiro atoms. The summed E-state index contributed by atoms with van der Waals surface area (Å²) < 4.78 is 27.0. The van der Waals surface area contributed by atoms with Gasteiger partial charge in [-0.3, -0.25) is 0 Å². The predicted octanol–water partition coefficient (Wildman–Crippen LogP) is 4.44. The van der Waals surface area contributed by atoms with E-state index in [1.165, 1.54) is 34.0 Å². The largest absolute Gasteiger partial charge is 0.348 e. The Morgan fingerprint density at radius 3 is 2.58 bits per heavy atom. The van der Waals surface area contributed by atoms with E-state index >= 15 is 0 Å². The van der Waals surface area contributed by atoms with Crippen LogP contribution in [0.5, 0.6) is 0 Å². The van der Waals surface area contributed by atoms with Crippen LogP contribution in [-0.4, -0.2) is 20.8 Å². The summed E-state index contributed by atoms with van der Waals surface area (Å²) in [5.41, 5.74) is 0.127. The van der Waals surface area contributed by atoms with Crippen LogP contribution in [0.25, 0.3) is 0 Å². The number of hydrogen-bond donors (Lipinski definition) is 1. The number of hydrogen-bond acceptors (Lipinski definition) is 5. The van der Waals surface area contributed by atoms with Gasteiger partial charge in [0, 0.05) is 16.6 Å². The zero-order valence-electron chi connectivity index (χ0n) is 12.0. The van der Waals surface area contributed by atoms with Gasteiger partial charge in [-0.15, -0.1) is 5.10 Å². The molecule has 0 atom stereocenters. The van der Waals surface area contributed by atoms with E-state index in [1.54, 1.807) is 0 Å². The molecule has 0 aliphatic carbocycles. The fourth-order valence-corrected chi connectivity index (χ4v) is 3.43. The minimum Gasteiger partial charge on any atom is -0.306 e. The first-order chi connectivity index (χ1) is 11.6. The number of amides is 1. The summed E-state index contributed by atoms with van der Waals surface area (Å²) in [5.74, 6) is -2.02. The molecule has 24 heavy (non-hydrogen) atoms. The summed E-state index contributed by atoms with van der Waals surface area (Å²) >= 11 is 0. The Kier molecular flexibility index (Phi) is 5.11. The van der Waals surface area contributed by atoms with Gasteiger partial charge >= 0.3 is 6.03 Å². The first-order valence-electron chi connectivity index (χ1n) is 6.69. The zero-order valence-corrected chi connectivity index (χ0v) is 13.7. The smallest absolute Gasteiger partial charge is 0.306 e. The van der Waals surface area contributed by atoms with Gasteiger partial charge in [-0.05, 0) is 45.9 Å². The molecular weight excluding hydrogens is 354 g/mol. The molecule has 0 aliphatic rings. The molecule has 2 aromatic carbocycles. The summed E-state index contributed by atoms with van der Waals surface area (Å²) in [6, 6.07) is 12.1. The number of halogens is 2. The molecule has 1 amide bonds. The second-order valence-corrected chi connectivity index (χ2v) is 6.68. The topological polar surface area (TPSA) is 59.8 Å². The number of nitrogens with zero attached hydrogens (tertiary/aromatic N) is 3. The van der Waals surface area contributed by atoms with Gasteiger partial charge in [0.05, 0.1) is 0 Å². The van der Waals surface area contributed by atoms with Crippen molar-refractivity contribution in [1.29, 1.82) is 0 Å². The van der Waals surface area contributed by atoms with Crippen molar-refractivity contribution in [2.75, 3.05) is 5.32 Å². The quantitative estimate of drug-likeness (QED) is 0.694. The average Bonchev–Trinajstić information content (AvgIpc) is 3.06. The first-order valence-corrected chi connectivity index (χ1v) is 8.84. The molecular formula is C15H10F2N4OS2. The molecule has 3 aromatic rings. The molecule has 1 aromatic heterocycles. The van der Waals surface area contributed by atoms with Crippen LogP contribution in [0.4, 0.5) is 19.3 Å². The van der Waals surface area contributed by atoms with Crippen molar-refractivity contribution in [3.8, 4) is 0 Å². The minimum atomic E-state index is -1.04. The molecule has 3 rings (SSSR count). The van der Waals surface area contributed by atoms with Crippen molar-refractivity contribution in [1.82, 2.24) is 14.8 Å². The van der Waals surface area contributed by atoms with Crippen LogP contribution in [0.2, 0.25) is 0 Å². The van der Waals surface area contributed by atoms with Gasteiger partial charge in [0.1, 0.15) is 6.33 Å². The highest BCUT2D eigenvalue weighted by Crippen LogP contribution is 2.34. The maximum Gasteiger partial charge on any atom is 0.348 e. The van der Waals surface area contributed by atoms with E-state index in [2.05, 4.69) is 15.4 Å². The third kappa shape index (κ3) is 4.12. The Labute approximate surface area is 143 Å². The number of rotatable bonds is 4. The molecule has 9 heteroatoms. The van der Waals surface area contributed by atoms with Crippen LogP contribution in [0.15, 0.2) is 64.9 Å². The molecule has 0 fully saturated rings. The van der Waals surface area contributed by atoms with Gasteiger partial charge in [-0.1, -0.05) is 18.2 Å². The summed E-state index contributed by atoms with van der Waals surface area (Å²) in [4.78, 5) is 17.1. The second kappa shape index (κ2) is 7.45. The van der Waals surface area contributed by atoms with Gasteiger partial charge in [-0.2, -0.15) is 4.68 Å². The van der Waals surface area contributed by atoms with Crippen LogP contribution < -0.4 is 5.32 Å². The van der Waals surface area contributed by atoms with Crippen LogP contribution in [0.1, 0.15) is 0 Å². The van der Waals surface area contributed by atoms with Crippen LogP contribution in [0, 0.1) is 11.6 Å². The number of benzene rings is 2. The number of carbonyl (C=O) groups is 1. The summed E-state index contributed by atoms with van der Waals surface area (Å²) in [6.07, 6.45) is 1.25. The lowest BCUT2D eigenvalue weighted by Gasteiger charge is -2.04. The van der Waals surface area contributed by atoms with Crippen LogP contribution >= 0.6 is 21.6 Å². The normalized spacial score (nSPS) is 10.6. The molecule has 1 N–H and O–H groups in total. The summed E-state index contributed by atoms with van der Waals surface area (Å²) in [6.45, 7) is 0. The van der Waals surface area contributed by atoms with Crippen molar-refractivity contribution in [2.24, 2.45) is 0 Å². The molecule has 0 radical (unpaired) electrons. The van der Waals surface area contributed by atoms with E-state index < -0.39 is 17.7 Å². The van der Waals surface area contributed by atoms with Crippen LogP contribution in [0.3, 0.4) is 0 Å². The zero-order chi connectivity index (χ0) is 16.9. The SMILES string of the molecule is O=C(Nc1ccc(F)c(F)c1)n1cnc(SSc2ccccc2)n1. The maximum absolute atomic E-state index is 13.1. The fraction of sp³-hybridized carbons (Fsp3) is 0. The number of carbonyl (C=O) groups excluding carboxylic acids is 1. The fourth-order valence-electron chi connectivity index (χ4n) is 1.70. The van der Waals surface area contributed by atoms with Crippen molar-refractivity contribution < 1.29 is 13.6 Å². The van der Waals surface area contributed by atoms with E-state index in [9.17, 15) is 13.6 Å². The van der Waals surface area contributed by atoms with Crippen molar-refractivity contribution in [3.63, 3.8) is 0 Å². The monoisotopic (exact) mass is 364 g/mol. The Bertz CT molecular complexity index is 858. The summed E-state index contributed by atoms with van der Waals surface area (Å²) in [7, 11) is 2.77. The van der Waals surface area contributed by atoms with Gasteiger partial charge in [0.25, 0.3) is 0 Å². The molecule has 0 unspecified atom stereocenters. The second-order valence-electron chi connectivity index (χ2n) is 4.51. The van der Waals surface area contributed by atoms with Gasteiger partial charge in [0.15, 0.2) is 11.6 Å². The van der Waals surface area contributed by atoms with Crippen molar-refractivity contribution in [3.05, 3.63) is 66.5 Å². The third-order valence-corrected chi connectivity index (χ3v) is 4.96. The molecule has 0 saturated carbocycles. The predicted molar refractivity (Wildman–Crippen MR) is 89.0 cm³/mol. The van der Waals surface area contributed by atoms with Crippen molar-refractivity contribution >= 4 is 33.3 Å².